The second-order valence-corrected chi connectivity index (χ2v) is 5.62. The molecule has 2 aromatic heterocycles. The number of ether oxygens (including phenoxy) is 1. The highest BCUT2D eigenvalue weighted by atomic mass is 16.5. The molecule has 1 aliphatic heterocycles. The van der Waals surface area contributed by atoms with Gasteiger partial charge in [0.25, 0.3) is 0 Å². The standard InChI is InChI=1S/C17H23N3O/c1-21-17-9-8-15(13-18-17)20-12-6-7-16(20)14-19-10-4-2-3-5-11-19/h6-9,12-13H,2-5,10-11,14H2,1H3. The van der Waals surface area contributed by atoms with Crippen molar-refractivity contribution in [1.82, 2.24) is 14.5 Å². The SMILES string of the molecule is COc1ccc(-n2cccc2CN2CCCCCC2)cn1. The van der Waals surface area contributed by atoms with E-state index in [1.54, 1.807) is 7.11 Å². The van der Waals surface area contributed by atoms with E-state index in [9.17, 15) is 0 Å². The Labute approximate surface area is 126 Å². The van der Waals surface area contributed by atoms with Crippen LogP contribution in [0.25, 0.3) is 5.69 Å². The van der Waals surface area contributed by atoms with Gasteiger partial charge in [-0.15, -0.1) is 0 Å². The number of pyridine rings is 1. The zero-order valence-electron chi connectivity index (χ0n) is 12.7. The van der Waals surface area contributed by atoms with Gasteiger partial charge >= 0.3 is 0 Å². The molecule has 3 rings (SSSR count). The van der Waals surface area contributed by atoms with Crippen molar-refractivity contribution in [1.29, 1.82) is 0 Å². The summed E-state index contributed by atoms with van der Waals surface area (Å²) in [7, 11) is 1.64. The fourth-order valence-corrected chi connectivity index (χ4v) is 2.96. The van der Waals surface area contributed by atoms with Crippen LogP contribution in [-0.2, 0) is 6.54 Å². The van der Waals surface area contributed by atoms with Gasteiger partial charge in [0.05, 0.1) is 19.0 Å². The summed E-state index contributed by atoms with van der Waals surface area (Å²) < 4.78 is 7.34. The van der Waals surface area contributed by atoms with Crippen molar-refractivity contribution in [3.63, 3.8) is 0 Å². The smallest absolute Gasteiger partial charge is 0.213 e. The van der Waals surface area contributed by atoms with Gasteiger partial charge in [-0.05, 0) is 44.1 Å². The molecule has 4 nitrogen and oxygen atoms in total. The lowest BCUT2D eigenvalue weighted by atomic mass is 10.2. The first-order chi connectivity index (χ1) is 10.4. The Bertz CT molecular complexity index is 554. The van der Waals surface area contributed by atoms with Crippen molar-refractivity contribution < 1.29 is 4.74 Å². The van der Waals surface area contributed by atoms with Crippen LogP contribution in [0.15, 0.2) is 36.7 Å². The predicted octanol–water partition coefficient (Wildman–Crippen LogP) is 3.26. The molecule has 3 heterocycles. The molecule has 0 N–H and O–H groups in total. The van der Waals surface area contributed by atoms with E-state index in [1.165, 1.54) is 44.5 Å². The van der Waals surface area contributed by atoms with E-state index in [-0.39, 0.29) is 0 Å². The lowest BCUT2D eigenvalue weighted by molar-refractivity contribution is 0.272. The van der Waals surface area contributed by atoms with Gasteiger partial charge in [-0.3, -0.25) is 4.90 Å². The van der Waals surface area contributed by atoms with Crippen LogP contribution in [0.3, 0.4) is 0 Å². The monoisotopic (exact) mass is 285 g/mol. The highest BCUT2D eigenvalue weighted by Crippen LogP contribution is 2.18. The summed E-state index contributed by atoms with van der Waals surface area (Å²) in [5, 5.41) is 0. The molecule has 0 spiro atoms. The molecule has 0 amide bonds. The van der Waals surface area contributed by atoms with Crippen molar-refractivity contribution in [2.75, 3.05) is 20.2 Å². The van der Waals surface area contributed by atoms with Gasteiger partial charge in [0.2, 0.25) is 5.88 Å². The Balaban J connectivity index is 1.76. The molecule has 112 valence electrons. The van der Waals surface area contributed by atoms with E-state index < -0.39 is 0 Å². The van der Waals surface area contributed by atoms with E-state index in [1.807, 2.05) is 12.3 Å². The van der Waals surface area contributed by atoms with Gasteiger partial charge in [0.15, 0.2) is 0 Å². The maximum Gasteiger partial charge on any atom is 0.213 e. The fourth-order valence-electron chi connectivity index (χ4n) is 2.96. The van der Waals surface area contributed by atoms with Crippen LogP contribution in [-0.4, -0.2) is 34.7 Å². The third-order valence-corrected chi connectivity index (χ3v) is 4.13. The molecule has 0 bridgehead atoms. The third-order valence-electron chi connectivity index (χ3n) is 4.13. The molecule has 21 heavy (non-hydrogen) atoms. The molecular weight excluding hydrogens is 262 g/mol. The summed E-state index contributed by atoms with van der Waals surface area (Å²) in [6.45, 7) is 3.44. The molecule has 4 heteroatoms. The van der Waals surface area contributed by atoms with Crippen LogP contribution in [0.4, 0.5) is 0 Å². The fraction of sp³-hybridized carbons (Fsp3) is 0.471. The minimum atomic E-state index is 0.653. The Hall–Kier alpha value is -1.81. The first-order valence-electron chi connectivity index (χ1n) is 7.76. The minimum absolute atomic E-state index is 0.653. The first-order valence-corrected chi connectivity index (χ1v) is 7.76. The minimum Gasteiger partial charge on any atom is -0.481 e. The first kappa shape index (κ1) is 14.1. The van der Waals surface area contributed by atoms with E-state index >= 15 is 0 Å². The molecule has 1 fully saturated rings. The van der Waals surface area contributed by atoms with Crippen molar-refractivity contribution in [2.45, 2.75) is 32.2 Å². The van der Waals surface area contributed by atoms with Gasteiger partial charge < -0.3 is 9.30 Å². The molecule has 0 radical (unpaired) electrons. The number of likely N-dealkylation sites (tertiary alicyclic amines) is 1. The average Bonchev–Trinajstić information content (AvgIpc) is 2.82. The van der Waals surface area contributed by atoms with E-state index in [2.05, 4.69) is 38.8 Å². The van der Waals surface area contributed by atoms with Crippen LogP contribution in [0, 0.1) is 0 Å². The van der Waals surface area contributed by atoms with Gasteiger partial charge in [0.1, 0.15) is 0 Å². The summed E-state index contributed by atoms with van der Waals surface area (Å²) in [5.74, 6) is 0.653. The summed E-state index contributed by atoms with van der Waals surface area (Å²) in [6, 6.07) is 8.27. The molecule has 0 aliphatic carbocycles. The normalized spacial score (nSPS) is 16.6. The van der Waals surface area contributed by atoms with Crippen molar-refractivity contribution in [3.8, 4) is 11.6 Å². The topological polar surface area (TPSA) is 30.3 Å². The summed E-state index contributed by atoms with van der Waals surface area (Å²) in [4.78, 5) is 6.86. The quantitative estimate of drug-likeness (QED) is 0.864. The van der Waals surface area contributed by atoms with Gasteiger partial charge in [0, 0.05) is 24.5 Å². The highest BCUT2D eigenvalue weighted by molar-refractivity contribution is 5.34. The third kappa shape index (κ3) is 3.45. The predicted molar refractivity (Wildman–Crippen MR) is 83.9 cm³/mol. The van der Waals surface area contributed by atoms with Gasteiger partial charge in [-0.2, -0.15) is 0 Å². The van der Waals surface area contributed by atoms with Crippen molar-refractivity contribution in [3.05, 3.63) is 42.4 Å². The van der Waals surface area contributed by atoms with E-state index in [4.69, 9.17) is 4.74 Å². The second kappa shape index (κ2) is 6.76. The Kier molecular flexibility index (Phi) is 4.55. The molecule has 0 unspecified atom stereocenters. The molecule has 0 saturated carbocycles. The number of aromatic nitrogens is 2. The van der Waals surface area contributed by atoms with Gasteiger partial charge in [-0.25, -0.2) is 4.98 Å². The number of hydrogen-bond acceptors (Lipinski definition) is 3. The van der Waals surface area contributed by atoms with Crippen molar-refractivity contribution >= 4 is 0 Å². The summed E-state index contributed by atoms with van der Waals surface area (Å²) in [5.41, 5.74) is 2.41. The van der Waals surface area contributed by atoms with Crippen molar-refractivity contribution in [2.24, 2.45) is 0 Å². The van der Waals surface area contributed by atoms with E-state index in [0.717, 1.165) is 12.2 Å². The zero-order valence-corrected chi connectivity index (χ0v) is 12.7. The van der Waals surface area contributed by atoms with Crippen LogP contribution in [0.1, 0.15) is 31.4 Å². The van der Waals surface area contributed by atoms with Crippen LogP contribution in [0.5, 0.6) is 5.88 Å². The largest absolute Gasteiger partial charge is 0.481 e. The number of hydrogen-bond donors (Lipinski definition) is 0. The summed E-state index contributed by atoms with van der Waals surface area (Å²) >= 11 is 0. The molecule has 0 aromatic carbocycles. The Morgan fingerprint density at radius 2 is 1.90 bits per heavy atom. The summed E-state index contributed by atoms with van der Waals surface area (Å²) in [6.07, 6.45) is 9.37. The molecule has 0 atom stereocenters. The maximum atomic E-state index is 5.12. The van der Waals surface area contributed by atoms with Crippen LogP contribution >= 0.6 is 0 Å². The Morgan fingerprint density at radius 3 is 2.57 bits per heavy atom. The molecule has 1 aliphatic rings. The van der Waals surface area contributed by atoms with Crippen LogP contribution < -0.4 is 4.74 Å². The Morgan fingerprint density at radius 1 is 1.10 bits per heavy atom. The lowest BCUT2D eigenvalue weighted by Gasteiger charge is -2.21. The highest BCUT2D eigenvalue weighted by Gasteiger charge is 2.12. The maximum absolute atomic E-state index is 5.12. The van der Waals surface area contributed by atoms with Gasteiger partial charge in [-0.1, -0.05) is 12.8 Å². The number of rotatable bonds is 4. The second-order valence-electron chi connectivity index (χ2n) is 5.62. The zero-order chi connectivity index (χ0) is 14.5. The number of methoxy groups -OCH3 is 1. The van der Waals surface area contributed by atoms with Crippen LogP contribution in [0.2, 0.25) is 0 Å². The lowest BCUT2D eigenvalue weighted by Crippen LogP contribution is -2.25. The van der Waals surface area contributed by atoms with E-state index in [0.29, 0.717) is 5.88 Å². The molecular formula is C17H23N3O. The average molecular weight is 285 g/mol. The molecule has 1 saturated heterocycles. The molecule has 2 aromatic rings. The number of nitrogens with zero attached hydrogens (tertiary/aromatic N) is 3.